The van der Waals surface area contributed by atoms with E-state index in [1.165, 1.54) is 45.1 Å². The zero-order valence-corrected chi connectivity index (χ0v) is 13.0. The third-order valence-corrected chi connectivity index (χ3v) is 4.31. The molecular formula is C17H33N. The number of allylic oxidation sites excluding steroid dienone is 1. The summed E-state index contributed by atoms with van der Waals surface area (Å²) in [5.74, 6) is 2.70. The van der Waals surface area contributed by atoms with Crippen LogP contribution in [0.1, 0.15) is 66.2 Å². The second-order valence-corrected chi connectivity index (χ2v) is 7.14. The van der Waals surface area contributed by atoms with Crippen LogP contribution in [0.4, 0.5) is 0 Å². The Balaban J connectivity index is 2.48. The van der Waals surface area contributed by atoms with E-state index in [0.29, 0.717) is 0 Å². The van der Waals surface area contributed by atoms with Crippen LogP contribution in [-0.2, 0) is 0 Å². The van der Waals surface area contributed by atoms with Crippen LogP contribution in [0.3, 0.4) is 0 Å². The summed E-state index contributed by atoms with van der Waals surface area (Å²) in [5, 5.41) is 3.69. The van der Waals surface area contributed by atoms with Crippen molar-refractivity contribution in [1.82, 2.24) is 5.32 Å². The highest BCUT2D eigenvalue weighted by atomic mass is 14.9. The predicted octanol–water partition coefficient (Wildman–Crippen LogP) is 4.78. The molecule has 0 aromatic heterocycles. The normalized spacial score (nSPS) is 29.2. The summed E-state index contributed by atoms with van der Waals surface area (Å²) in [6.45, 7) is 14.2. The predicted molar refractivity (Wildman–Crippen MR) is 81.8 cm³/mol. The molecular weight excluding hydrogens is 218 g/mol. The Morgan fingerprint density at radius 2 is 1.94 bits per heavy atom. The fraction of sp³-hybridized carbons (Fsp3) is 0.882. The highest BCUT2D eigenvalue weighted by Gasteiger charge is 2.29. The smallest absolute Gasteiger partial charge is 0.00966 e. The maximum Gasteiger partial charge on any atom is 0.00966 e. The van der Waals surface area contributed by atoms with Gasteiger partial charge in [0.25, 0.3) is 0 Å². The van der Waals surface area contributed by atoms with Gasteiger partial charge in [-0.1, -0.05) is 32.3 Å². The molecule has 0 aliphatic heterocycles. The Labute approximate surface area is 114 Å². The standard InChI is InChI=1S/C17H33N/c1-6-8-14-10-11-16(13-18-17(3,4)5)15(12-14)9-7-2/h7,14-16,18H,2,6,8-13H2,1,3-5H3. The molecule has 0 aromatic rings. The second-order valence-electron chi connectivity index (χ2n) is 7.14. The van der Waals surface area contributed by atoms with Gasteiger partial charge in [-0.05, 0) is 64.3 Å². The molecule has 1 fully saturated rings. The van der Waals surface area contributed by atoms with Crippen molar-refractivity contribution < 1.29 is 0 Å². The first-order valence-corrected chi connectivity index (χ1v) is 7.82. The highest BCUT2D eigenvalue weighted by molar-refractivity contribution is 4.87. The van der Waals surface area contributed by atoms with Crippen LogP contribution in [-0.4, -0.2) is 12.1 Å². The molecule has 1 saturated carbocycles. The first-order valence-electron chi connectivity index (χ1n) is 7.82. The molecule has 1 nitrogen and oxygen atoms in total. The molecule has 1 rings (SSSR count). The van der Waals surface area contributed by atoms with Gasteiger partial charge in [-0.15, -0.1) is 6.58 Å². The molecule has 3 unspecified atom stereocenters. The van der Waals surface area contributed by atoms with Gasteiger partial charge in [0.1, 0.15) is 0 Å². The quantitative estimate of drug-likeness (QED) is 0.670. The van der Waals surface area contributed by atoms with E-state index in [4.69, 9.17) is 0 Å². The van der Waals surface area contributed by atoms with Gasteiger partial charge in [0.15, 0.2) is 0 Å². The Bertz CT molecular complexity index is 238. The molecule has 1 heteroatoms. The zero-order chi connectivity index (χ0) is 13.6. The van der Waals surface area contributed by atoms with E-state index in [0.717, 1.165) is 17.8 Å². The van der Waals surface area contributed by atoms with Crippen LogP contribution in [0.15, 0.2) is 12.7 Å². The van der Waals surface area contributed by atoms with Crippen molar-refractivity contribution in [1.29, 1.82) is 0 Å². The van der Waals surface area contributed by atoms with Crippen molar-refractivity contribution in [2.75, 3.05) is 6.54 Å². The molecule has 1 aliphatic rings. The molecule has 0 amide bonds. The van der Waals surface area contributed by atoms with E-state index in [1.807, 2.05) is 0 Å². The lowest BCUT2D eigenvalue weighted by atomic mass is 9.71. The number of rotatable bonds is 6. The molecule has 0 radical (unpaired) electrons. The van der Waals surface area contributed by atoms with Gasteiger partial charge in [0.05, 0.1) is 0 Å². The van der Waals surface area contributed by atoms with Gasteiger partial charge < -0.3 is 5.32 Å². The van der Waals surface area contributed by atoms with Crippen molar-refractivity contribution in [2.24, 2.45) is 17.8 Å². The molecule has 0 saturated heterocycles. The van der Waals surface area contributed by atoms with Gasteiger partial charge >= 0.3 is 0 Å². The Morgan fingerprint density at radius 3 is 2.50 bits per heavy atom. The summed E-state index contributed by atoms with van der Waals surface area (Å²) in [6.07, 6.45) is 10.4. The zero-order valence-electron chi connectivity index (χ0n) is 13.0. The Hall–Kier alpha value is -0.300. The van der Waals surface area contributed by atoms with Crippen LogP contribution in [0.5, 0.6) is 0 Å². The van der Waals surface area contributed by atoms with Crippen molar-refractivity contribution >= 4 is 0 Å². The van der Waals surface area contributed by atoms with Gasteiger partial charge in [-0.25, -0.2) is 0 Å². The van der Waals surface area contributed by atoms with Gasteiger partial charge in [-0.3, -0.25) is 0 Å². The minimum Gasteiger partial charge on any atom is -0.312 e. The van der Waals surface area contributed by atoms with Crippen LogP contribution in [0, 0.1) is 17.8 Å². The summed E-state index contributed by atoms with van der Waals surface area (Å²) in [6, 6.07) is 0. The third-order valence-electron chi connectivity index (χ3n) is 4.31. The summed E-state index contributed by atoms with van der Waals surface area (Å²) >= 11 is 0. The van der Waals surface area contributed by atoms with Crippen LogP contribution >= 0.6 is 0 Å². The van der Waals surface area contributed by atoms with Crippen molar-refractivity contribution in [3.8, 4) is 0 Å². The fourth-order valence-electron chi connectivity index (χ4n) is 3.30. The molecule has 1 N–H and O–H groups in total. The van der Waals surface area contributed by atoms with Crippen LogP contribution < -0.4 is 5.32 Å². The number of hydrogen-bond donors (Lipinski definition) is 1. The minimum atomic E-state index is 0.249. The molecule has 0 bridgehead atoms. The lowest BCUT2D eigenvalue weighted by Crippen LogP contribution is -2.42. The van der Waals surface area contributed by atoms with Crippen molar-refractivity contribution in [3.05, 3.63) is 12.7 Å². The average Bonchev–Trinajstić information content (AvgIpc) is 2.28. The maximum absolute atomic E-state index is 3.95. The number of nitrogens with one attached hydrogen (secondary N) is 1. The van der Waals surface area contributed by atoms with E-state index in [1.54, 1.807) is 0 Å². The summed E-state index contributed by atoms with van der Waals surface area (Å²) in [4.78, 5) is 0. The average molecular weight is 251 g/mol. The Morgan fingerprint density at radius 1 is 1.22 bits per heavy atom. The summed E-state index contributed by atoms with van der Waals surface area (Å²) < 4.78 is 0. The lowest BCUT2D eigenvalue weighted by Gasteiger charge is -2.37. The molecule has 18 heavy (non-hydrogen) atoms. The monoisotopic (exact) mass is 251 g/mol. The third kappa shape index (κ3) is 5.56. The van der Waals surface area contributed by atoms with Crippen LogP contribution in [0.2, 0.25) is 0 Å². The van der Waals surface area contributed by atoms with Gasteiger partial charge in [0.2, 0.25) is 0 Å². The minimum absolute atomic E-state index is 0.249. The second kappa shape index (κ2) is 7.33. The van der Waals surface area contributed by atoms with E-state index in [-0.39, 0.29) is 5.54 Å². The largest absolute Gasteiger partial charge is 0.312 e. The van der Waals surface area contributed by atoms with E-state index in [9.17, 15) is 0 Å². The van der Waals surface area contributed by atoms with Gasteiger partial charge in [0, 0.05) is 5.54 Å². The SMILES string of the molecule is C=CCC1CC(CCC)CCC1CNC(C)(C)C. The fourth-order valence-corrected chi connectivity index (χ4v) is 3.30. The van der Waals surface area contributed by atoms with Crippen molar-refractivity contribution in [2.45, 2.75) is 71.8 Å². The lowest BCUT2D eigenvalue weighted by molar-refractivity contribution is 0.161. The summed E-state index contributed by atoms with van der Waals surface area (Å²) in [7, 11) is 0. The molecule has 1 aliphatic carbocycles. The molecule has 106 valence electrons. The Kier molecular flexibility index (Phi) is 6.42. The highest BCUT2D eigenvalue weighted by Crippen LogP contribution is 2.38. The van der Waals surface area contributed by atoms with Gasteiger partial charge in [-0.2, -0.15) is 0 Å². The molecule has 0 spiro atoms. The first kappa shape index (κ1) is 15.8. The molecule has 0 heterocycles. The van der Waals surface area contributed by atoms with E-state index < -0.39 is 0 Å². The molecule has 0 aromatic carbocycles. The molecule has 3 atom stereocenters. The number of hydrogen-bond acceptors (Lipinski definition) is 1. The van der Waals surface area contributed by atoms with Crippen LogP contribution in [0.25, 0.3) is 0 Å². The maximum atomic E-state index is 3.95. The van der Waals surface area contributed by atoms with E-state index in [2.05, 4.69) is 45.7 Å². The van der Waals surface area contributed by atoms with E-state index >= 15 is 0 Å². The summed E-state index contributed by atoms with van der Waals surface area (Å²) in [5.41, 5.74) is 0.249. The topological polar surface area (TPSA) is 12.0 Å². The van der Waals surface area contributed by atoms with Crippen molar-refractivity contribution in [3.63, 3.8) is 0 Å². The first-order chi connectivity index (χ1) is 8.46.